The molecule has 0 spiro atoms. The van der Waals surface area contributed by atoms with Crippen molar-refractivity contribution >= 4 is 39.9 Å². The quantitative estimate of drug-likeness (QED) is 0.315. The number of hydrogen-bond donors (Lipinski definition) is 4. The minimum atomic E-state index is -0.335. The number of anilines is 1. The Kier molecular flexibility index (Phi) is 6.82. The Labute approximate surface area is 232 Å². The predicted molar refractivity (Wildman–Crippen MR) is 152 cm³/mol. The van der Waals surface area contributed by atoms with Crippen LogP contribution in [-0.2, 0) is 4.79 Å². The van der Waals surface area contributed by atoms with Gasteiger partial charge < -0.3 is 25.9 Å². The van der Waals surface area contributed by atoms with E-state index in [2.05, 4.69) is 44.5 Å². The molecular weight excluding hydrogens is 516 g/mol. The third-order valence-electron chi connectivity index (χ3n) is 8.22. The summed E-state index contributed by atoms with van der Waals surface area (Å²) in [6, 6.07) is 5.99. The van der Waals surface area contributed by atoms with Gasteiger partial charge >= 0.3 is 0 Å². The van der Waals surface area contributed by atoms with Crippen LogP contribution in [0.15, 0.2) is 42.6 Å². The van der Waals surface area contributed by atoms with Crippen LogP contribution in [-0.4, -0.2) is 69.8 Å². The van der Waals surface area contributed by atoms with Gasteiger partial charge in [0.05, 0.1) is 41.6 Å². The standard InChI is InChI=1S/C29H33ClN6O3/c1-15(37)14-36-9-7-16(8-10-36)17-5-6-20(22(12-17)39-2)28-34-26-25(21(30)13-32-29(26)35-28)33-24-19-4-3-18(11-19)23(24)27(31)38/h3-7,12-13,15,18-19,23-24,37H,8-11,14H2,1-2H3,(H2,31,38)(H2,32,33,34,35)/t15-,18+,19-,23-,24+/m0/s1. The van der Waals surface area contributed by atoms with Gasteiger partial charge in [0.2, 0.25) is 5.91 Å². The Morgan fingerprint density at radius 3 is 2.90 bits per heavy atom. The van der Waals surface area contributed by atoms with Gasteiger partial charge in [-0.1, -0.05) is 35.9 Å². The number of pyridine rings is 1. The van der Waals surface area contributed by atoms with Crippen molar-refractivity contribution in [1.82, 2.24) is 19.9 Å². The fourth-order valence-corrected chi connectivity index (χ4v) is 6.57. The fourth-order valence-electron chi connectivity index (χ4n) is 6.38. The third-order valence-corrected chi connectivity index (χ3v) is 8.50. The molecule has 3 heterocycles. The highest BCUT2D eigenvalue weighted by molar-refractivity contribution is 6.34. The van der Waals surface area contributed by atoms with Crippen LogP contribution in [0.1, 0.15) is 25.3 Å². The third kappa shape index (κ3) is 4.79. The van der Waals surface area contributed by atoms with E-state index < -0.39 is 0 Å². The van der Waals surface area contributed by atoms with Gasteiger partial charge in [0.15, 0.2) is 5.65 Å². The Morgan fingerprint density at radius 1 is 1.36 bits per heavy atom. The summed E-state index contributed by atoms with van der Waals surface area (Å²) in [5, 5.41) is 13.7. The highest BCUT2D eigenvalue weighted by Gasteiger charge is 2.47. The summed E-state index contributed by atoms with van der Waals surface area (Å²) in [6.07, 6.45) is 9.53. The number of carbonyl (C=O) groups is 1. The number of halogens is 1. The number of H-pyrrole nitrogens is 1. The molecule has 1 aromatic carbocycles. The van der Waals surface area contributed by atoms with Gasteiger partial charge in [-0.05, 0) is 54.9 Å². The van der Waals surface area contributed by atoms with Crippen LogP contribution in [0.4, 0.5) is 5.69 Å². The SMILES string of the molecule is COc1cc(C2=CCN(C[C@H](C)O)CC2)ccc1-c1nc2ncc(Cl)c(N[C@H]3[C@@H](C(N)=O)[C@@H]4C=C[C@H]3C4)c2[nH]1. The average Bonchev–Trinajstić information content (AvgIpc) is 3.65. The minimum Gasteiger partial charge on any atom is -0.496 e. The number of β-amino-alcohol motifs (C(OH)–C–C–N with tert-alkyl or cyclic N) is 1. The van der Waals surface area contributed by atoms with Crippen molar-refractivity contribution in [3.63, 3.8) is 0 Å². The van der Waals surface area contributed by atoms with Crippen LogP contribution in [0.25, 0.3) is 28.1 Å². The number of rotatable bonds is 8. The van der Waals surface area contributed by atoms with Gasteiger partial charge in [0, 0.05) is 25.7 Å². The maximum atomic E-state index is 12.3. The van der Waals surface area contributed by atoms with Crippen molar-refractivity contribution in [2.24, 2.45) is 23.5 Å². The van der Waals surface area contributed by atoms with E-state index in [1.807, 2.05) is 19.1 Å². The summed E-state index contributed by atoms with van der Waals surface area (Å²) < 4.78 is 5.78. The van der Waals surface area contributed by atoms with Gasteiger partial charge in [0.1, 0.15) is 17.1 Å². The molecule has 1 aliphatic heterocycles. The molecule has 1 fully saturated rings. The molecule has 5 atom stereocenters. The summed E-state index contributed by atoms with van der Waals surface area (Å²) in [5.74, 6) is 1.10. The summed E-state index contributed by atoms with van der Waals surface area (Å²) in [7, 11) is 1.65. The molecule has 2 aromatic heterocycles. The Hall–Kier alpha value is -3.40. The number of nitrogens with one attached hydrogen (secondary N) is 2. The number of nitrogens with zero attached hydrogens (tertiary/aromatic N) is 3. The molecule has 1 saturated carbocycles. The maximum Gasteiger partial charge on any atom is 0.223 e. The zero-order chi connectivity index (χ0) is 27.3. The molecular formula is C29H33ClN6O3. The van der Waals surface area contributed by atoms with Crippen LogP contribution in [0, 0.1) is 17.8 Å². The molecule has 3 aliphatic rings. The number of fused-ring (bicyclic) bond motifs is 3. The number of aromatic nitrogens is 3. The molecule has 6 rings (SSSR count). The fraction of sp³-hybridized carbons (Fsp3) is 0.414. The number of imidazole rings is 1. The second-order valence-electron chi connectivity index (χ2n) is 10.8. The number of methoxy groups -OCH3 is 1. The molecule has 0 unspecified atom stereocenters. The highest BCUT2D eigenvalue weighted by atomic mass is 35.5. The summed E-state index contributed by atoms with van der Waals surface area (Å²) in [6.45, 7) is 4.21. The monoisotopic (exact) mass is 548 g/mol. The first-order valence-electron chi connectivity index (χ1n) is 13.4. The number of amides is 1. The molecule has 10 heteroatoms. The van der Waals surface area contributed by atoms with Gasteiger partial charge in [-0.2, -0.15) is 0 Å². The molecule has 3 aromatic rings. The van der Waals surface area contributed by atoms with E-state index in [0.717, 1.165) is 37.1 Å². The van der Waals surface area contributed by atoms with Crippen LogP contribution in [0.3, 0.4) is 0 Å². The highest BCUT2D eigenvalue weighted by Crippen LogP contribution is 2.46. The second kappa shape index (κ2) is 10.3. The number of allylic oxidation sites excluding steroid dienone is 1. The molecule has 1 amide bonds. The van der Waals surface area contributed by atoms with Crippen molar-refractivity contribution < 1.29 is 14.6 Å². The molecule has 9 nitrogen and oxygen atoms in total. The molecule has 0 saturated heterocycles. The normalized spacial score (nSPS) is 25.2. The van der Waals surface area contributed by atoms with E-state index >= 15 is 0 Å². The van der Waals surface area contributed by atoms with Crippen LogP contribution < -0.4 is 15.8 Å². The largest absolute Gasteiger partial charge is 0.496 e. The van der Waals surface area contributed by atoms with Crippen molar-refractivity contribution in [2.75, 3.05) is 32.1 Å². The van der Waals surface area contributed by atoms with Crippen molar-refractivity contribution in [2.45, 2.75) is 31.9 Å². The second-order valence-corrected chi connectivity index (χ2v) is 11.2. The Balaban J connectivity index is 1.30. The number of aromatic amines is 1. The first-order valence-corrected chi connectivity index (χ1v) is 13.8. The van der Waals surface area contributed by atoms with E-state index in [-0.39, 0.29) is 35.8 Å². The van der Waals surface area contributed by atoms with Gasteiger partial charge in [0.25, 0.3) is 0 Å². The van der Waals surface area contributed by atoms with Crippen LogP contribution in [0.2, 0.25) is 5.02 Å². The number of aliphatic hydroxyl groups excluding tert-OH is 1. The van der Waals surface area contributed by atoms with Crippen LogP contribution >= 0.6 is 11.6 Å². The Morgan fingerprint density at radius 2 is 2.18 bits per heavy atom. The van der Waals surface area contributed by atoms with Crippen molar-refractivity contribution in [3.05, 3.63) is 53.2 Å². The van der Waals surface area contributed by atoms with Crippen LogP contribution in [0.5, 0.6) is 5.75 Å². The predicted octanol–water partition coefficient (Wildman–Crippen LogP) is 3.84. The number of nitrogens with two attached hydrogens (primary N) is 1. The lowest BCUT2D eigenvalue weighted by molar-refractivity contribution is -0.122. The zero-order valence-electron chi connectivity index (χ0n) is 22.0. The first-order chi connectivity index (χ1) is 18.8. The number of primary amides is 1. The number of ether oxygens (including phenoxy) is 1. The van der Waals surface area contributed by atoms with Gasteiger partial charge in [-0.15, -0.1) is 0 Å². The molecule has 2 bridgehead atoms. The summed E-state index contributed by atoms with van der Waals surface area (Å²) in [5.41, 5.74) is 10.8. The lowest BCUT2D eigenvalue weighted by Gasteiger charge is -2.28. The van der Waals surface area contributed by atoms with E-state index in [1.54, 1.807) is 13.3 Å². The number of aliphatic hydroxyl groups is 1. The molecule has 0 radical (unpaired) electrons. The molecule has 2 aliphatic carbocycles. The number of hydrogen-bond acceptors (Lipinski definition) is 7. The van der Waals surface area contributed by atoms with E-state index in [4.69, 9.17) is 27.1 Å². The Bertz CT molecular complexity index is 1480. The van der Waals surface area contributed by atoms with Gasteiger partial charge in [-0.25, -0.2) is 9.97 Å². The molecule has 5 N–H and O–H groups in total. The smallest absolute Gasteiger partial charge is 0.223 e. The minimum absolute atomic E-state index is 0.138. The molecule has 204 valence electrons. The molecule has 39 heavy (non-hydrogen) atoms. The topological polar surface area (TPSA) is 129 Å². The van der Waals surface area contributed by atoms with E-state index in [9.17, 15) is 9.90 Å². The average molecular weight is 549 g/mol. The van der Waals surface area contributed by atoms with E-state index in [0.29, 0.717) is 40.0 Å². The number of benzene rings is 1. The lowest BCUT2D eigenvalue weighted by atomic mass is 9.88. The summed E-state index contributed by atoms with van der Waals surface area (Å²) >= 11 is 6.61. The van der Waals surface area contributed by atoms with E-state index in [1.165, 1.54) is 5.57 Å². The lowest BCUT2D eigenvalue weighted by Crippen LogP contribution is -2.41. The first kappa shape index (κ1) is 25.9. The number of carbonyl (C=O) groups excluding carboxylic acids is 1. The summed E-state index contributed by atoms with van der Waals surface area (Å²) in [4.78, 5) is 27.1. The van der Waals surface area contributed by atoms with Gasteiger partial charge in [-0.3, -0.25) is 9.69 Å². The van der Waals surface area contributed by atoms with Crippen molar-refractivity contribution in [1.29, 1.82) is 0 Å². The van der Waals surface area contributed by atoms with Crippen molar-refractivity contribution in [3.8, 4) is 17.1 Å². The zero-order valence-corrected chi connectivity index (χ0v) is 22.8. The maximum absolute atomic E-state index is 12.3.